The summed E-state index contributed by atoms with van der Waals surface area (Å²) in [6, 6.07) is 5.47. The van der Waals surface area contributed by atoms with E-state index in [0.717, 1.165) is 11.3 Å². The molecule has 6 heteroatoms. The molecular formula is C11H13NO2S3. The van der Waals surface area contributed by atoms with E-state index in [1.54, 1.807) is 17.4 Å². The molecule has 0 saturated heterocycles. The Morgan fingerprint density at radius 3 is 2.71 bits per heavy atom. The van der Waals surface area contributed by atoms with E-state index in [1.165, 1.54) is 16.9 Å². The highest BCUT2D eigenvalue weighted by molar-refractivity contribution is 7.91. The predicted octanol–water partition coefficient (Wildman–Crippen LogP) is 2.64. The maximum atomic E-state index is 11.9. The van der Waals surface area contributed by atoms with Crippen molar-refractivity contribution in [2.45, 2.75) is 17.6 Å². The average Bonchev–Trinajstić information content (AvgIpc) is 2.89. The fraction of sp³-hybridized carbons (Fsp3) is 0.273. The lowest BCUT2D eigenvalue weighted by atomic mass is 10.2. The second kappa shape index (κ2) is 5.30. The molecule has 0 aliphatic rings. The van der Waals surface area contributed by atoms with Crippen molar-refractivity contribution in [2.24, 2.45) is 0 Å². The van der Waals surface area contributed by atoms with Crippen molar-refractivity contribution in [1.82, 2.24) is 4.72 Å². The Hall–Kier alpha value is -0.690. The molecule has 0 spiro atoms. The van der Waals surface area contributed by atoms with Crippen LogP contribution in [-0.2, 0) is 16.4 Å². The molecule has 0 amide bonds. The molecule has 92 valence electrons. The Balaban J connectivity index is 1.94. The van der Waals surface area contributed by atoms with Gasteiger partial charge in [-0.15, -0.1) is 11.3 Å². The third kappa shape index (κ3) is 3.38. The molecule has 3 nitrogen and oxygen atoms in total. The van der Waals surface area contributed by atoms with Crippen LogP contribution in [0.25, 0.3) is 0 Å². The van der Waals surface area contributed by atoms with Crippen LogP contribution in [0.1, 0.15) is 10.4 Å². The topological polar surface area (TPSA) is 46.2 Å². The molecular weight excluding hydrogens is 274 g/mol. The van der Waals surface area contributed by atoms with Crippen molar-refractivity contribution in [3.63, 3.8) is 0 Å². The minimum Gasteiger partial charge on any atom is -0.210 e. The zero-order valence-corrected chi connectivity index (χ0v) is 11.8. The van der Waals surface area contributed by atoms with Crippen molar-refractivity contribution in [2.75, 3.05) is 6.54 Å². The molecule has 0 radical (unpaired) electrons. The normalized spacial score (nSPS) is 11.8. The standard InChI is InChI=1S/C11H13NO2S3/c1-9-2-3-11(16-9)17(13,14)12-6-4-10-5-7-15-8-10/h2-3,5,7-8,12H,4,6H2,1H3. The van der Waals surface area contributed by atoms with E-state index in [1.807, 2.05) is 29.8 Å². The molecule has 2 heterocycles. The van der Waals surface area contributed by atoms with Gasteiger partial charge in [-0.25, -0.2) is 13.1 Å². The number of aryl methyl sites for hydroxylation is 1. The van der Waals surface area contributed by atoms with Crippen LogP contribution in [0.2, 0.25) is 0 Å². The molecule has 2 aromatic rings. The van der Waals surface area contributed by atoms with Crippen LogP contribution >= 0.6 is 22.7 Å². The van der Waals surface area contributed by atoms with Crippen LogP contribution in [0.3, 0.4) is 0 Å². The van der Waals surface area contributed by atoms with Gasteiger partial charge in [-0.2, -0.15) is 11.3 Å². The van der Waals surface area contributed by atoms with Gasteiger partial charge in [0.05, 0.1) is 0 Å². The summed E-state index contributed by atoms with van der Waals surface area (Å²) in [6.07, 6.45) is 0.729. The Morgan fingerprint density at radius 2 is 2.12 bits per heavy atom. The van der Waals surface area contributed by atoms with E-state index in [2.05, 4.69) is 4.72 Å². The van der Waals surface area contributed by atoms with Crippen molar-refractivity contribution >= 4 is 32.7 Å². The molecule has 2 aromatic heterocycles. The molecule has 0 saturated carbocycles. The van der Waals surface area contributed by atoms with Gasteiger partial charge in [-0.1, -0.05) is 0 Å². The minimum absolute atomic E-state index is 0.389. The molecule has 0 fully saturated rings. The molecule has 0 aliphatic carbocycles. The fourth-order valence-corrected chi connectivity index (χ4v) is 4.46. The molecule has 2 rings (SSSR count). The first-order valence-electron chi connectivity index (χ1n) is 5.15. The molecule has 0 bridgehead atoms. The van der Waals surface area contributed by atoms with Gasteiger partial charge in [0.1, 0.15) is 4.21 Å². The molecule has 0 unspecified atom stereocenters. The van der Waals surface area contributed by atoms with E-state index >= 15 is 0 Å². The zero-order valence-electron chi connectivity index (χ0n) is 9.34. The number of hydrogen-bond donors (Lipinski definition) is 1. The summed E-state index contributed by atoms with van der Waals surface area (Å²) in [5.41, 5.74) is 1.17. The Kier molecular flexibility index (Phi) is 3.98. The Bertz CT molecular complexity index is 570. The first-order chi connectivity index (χ1) is 8.08. The smallest absolute Gasteiger partial charge is 0.210 e. The van der Waals surface area contributed by atoms with E-state index in [4.69, 9.17) is 0 Å². The maximum Gasteiger partial charge on any atom is 0.250 e. The first-order valence-corrected chi connectivity index (χ1v) is 8.39. The highest BCUT2D eigenvalue weighted by Crippen LogP contribution is 2.20. The van der Waals surface area contributed by atoms with Gasteiger partial charge in [0.25, 0.3) is 0 Å². The lowest BCUT2D eigenvalue weighted by molar-refractivity contribution is 0.584. The fourth-order valence-electron chi connectivity index (χ4n) is 1.39. The van der Waals surface area contributed by atoms with Gasteiger partial charge in [0, 0.05) is 11.4 Å². The summed E-state index contributed by atoms with van der Waals surface area (Å²) >= 11 is 2.92. The van der Waals surface area contributed by atoms with Crippen LogP contribution in [0.4, 0.5) is 0 Å². The second-order valence-electron chi connectivity index (χ2n) is 3.64. The molecule has 1 N–H and O–H groups in total. The third-order valence-corrected chi connectivity index (χ3v) is 5.95. The lowest BCUT2D eigenvalue weighted by Gasteiger charge is -2.03. The van der Waals surface area contributed by atoms with Crippen molar-refractivity contribution in [3.05, 3.63) is 39.4 Å². The largest absolute Gasteiger partial charge is 0.250 e. The minimum atomic E-state index is -3.32. The van der Waals surface area contributed by atoms with Gasteiger partial charge >= 0.3 is 0 Å². The van der Waals surface area contributed by atoms with Gasteiger partial charge in [-0.05, 0) is 47.9 Å². The summed E-state index contributed by atoms with van der Waals surface area (Å²) in [4.78, 5) is 1.00. The number of thiophene rings is 2. The summed E-state index contributed by atoms with van der Waals surface area (Å²) < 4.78 is 26.8. The van der Waals surface area contributed by atoms with Gasteiger partial charge in [0.2, 0.25) is 10.0 Å². The Morgan fingerprint density at radius 1 is 1.29 bits per heavy atom. The van der Waals surface area contributed by atoms with Gasteiger partial charge in [-0.3, -0.25) is 0 Å². The van der Waals surface area contributed by atoms with Crippen LogP contribution in [0.15, 0.2) is 33.2 Å². The highest BCUT2D eigenvalue weighted by atomic mass is 32.2. The maximum absolute atomic E-state index is 11.9. The molecule has 17 heavy (non-hydrogen) atoms. The molecule has 0 aromatic carbocycles. The van der Waals surface area contributed by atoms with Crippen molar-refractivity contribution in [1.29, 1.82) is 0 Å². The average molecular weight is 287 g/mol. The number of sulfonamides is 1. The van der Waals surface area contributed by atoms with Crippen LogP contribution in [0.5, 0.6) is 0 Å². The van der Waals surface area contributed by atoms with Crippen LogP contribution in [0, 0.1) is 6.92 Å². The monoisotopic (exact) mass is 287 g/mol. The zero-order chi connectivity index (χ0) is 12.3. The summed E-state index contributed by atoms with van der Waals surface area (Å²) in [6.45, 7) is 2.34. The summed E-state index contributed by atoms with van der Waals surface area (Å²) in [5.74, 6) is 0. The quantitative estimate of drug-likeness (QED) is 0.919. The van der Waals surface area contributed by atoms with Crippen molar-refractivity contribution in [3.8, 4) is 0 Å². The van der Waals surface area contributed by atoms with E-state index < -0.39 is 10.0 Å². The van der Waals surface area contributed by atoms with E-state index in [0.29, 0.717) is 10.8 Å². The van der Waals surface area contributed by atoms with Crippen molar-refractivity contribution < 1.29 is 8.42 Å². The van der Waals surface area contributed by atoms with Crippen LogP contribution in [-0.4, -0.2) is 15.0 Å². The SMILES string of the molecule is Cc1ccc(S(=O)(=O)NCCc2ccsc2)s1. The van der Waals surface area contributed by atoms with Gasteiger partial charge in [0.15, 0.2) is 0 Å². The molecule has 0 atom stereocenters. The molecule has 0 aliphatic heterocycles. The van der Waals surface area contributed by atoms with Crippen LogP contribution < -0.4 is 4.72 Å². The number of hydrogen-bond acceptors (Lipinski definition) is 4. The number of rotatable bonds is 5. The lowest BCUT2D eigenvalue weighted by Crippen LogP contribution is -2.25. The summed E-state index contributed by atoms with van der Waals surface area (Å²) in [5, 5.41) is 4.02. The predicted molar refractivity (Wildman–Crippen MR) is 72.3 cm³/mol. The third-order valence-electron chi connectivity index (χ3n) is 2.27. The van der Waals surface area contributed by atoms with Gasteiger partial charge < -0.3 is 0 Å². The van der Waals surface area contributed by atoms with E-state index in [-0.39, 0.29) is 0 Å². The summed E-state index contributed by atoms with van der Waals surface area (Å²) in [7, 11) is -3.32. The number of nitrogens with one attached hydrogen (secondary N) is 1. The first kappa shape index (κ1) is 12.8. The van der Waals surface area contributed by atoms with E-state index in [9.17, 15) is 8.42 Å². The second-order valence-corrected chi connectivity index (χ2v) is 7.71. The Labute approximate surface area is 109 Å². The highest BCUT2D eigenvalue weighted by Gasteiger charge is 2.15.